The summed E-state index contributed by atoms with van der Waals surface area (Å²) in [4.78, 5) is 11.5. The van der Waals surface area contributed by atoms with Gasteiger partial charge in [-0.1, -0.05) is 13.3 Å². The summed E-state index contributed by atoms with van der Waals surface area (Å²) in [5.74, 6) is -2.19. The third kappa shape index (κ3) is 3.98. The van der Waals surface area contributed by atoms with Crippen molar-refractivity contribution in [1.29, 1.82) is 0 Å². The molecule has 0 aliphatic heterocycles. The second kappa shape index (κ2) is 6.93. The SMILES string of the molecule is CCCCC(Oc1cc(F)ccc1F)C(=O)OC. The van der Waals surface area contributed by atoms with Crippen molar-refractivity contribution >= 4 is 5.97 Å². The van der Waals surface area contributed by atoms with Gasteiger partial charge in [0.2, 0.25) is 0 Å². The maximum absolute atomic E-state index is 13.4. The Morgan fingerprint density at radius 1 is 1.39 bits per heavy atom. The number of esters is 1. The van der Waals surface area contributed by atoms with Gasteiger partial charge in [0.15, 0.2) is 17.7 Å². The smallest absolute Gasteiger partial charge is 0.347 e. The molecular formula is C13H16F2O3. The maximum atomic E-state index is 13.4. The van der Waals surface area contributed by atoms with E-state index in [2.05, 4.69) is 4.74 Å². The lowest BCUT2D eigenvalue weighted by Gasteiger charge is -2.17. The maximum Gasteiger partial charge on any atom is 0.347 e. The summed E-state index contributed by atoms with van der Waals surface area (Å²) in [7, 11) is 1.23. The van der Waals surface area contributed by atoms with E-state index in [1.807, 2.05) is 6.92 Å². The number of rotatable bonds is 6. The van der Waals surface area contributed by atoms with Crippen molar-refractivity contribution in [2.75, 3.05) is 7.11 Å². The van der Waals surface area contributed by atoms with Gasteiger partial charge in [0.25, 0.3) is 0 Å². The fraction of sp³-hybridized carbons (Fsp3) is 0.462. The van der Waals surface area contributed by atoms with Crippen LogP contribution in [0.1, 0.15) is 26.2 Å². The van der Waals surface area contributed by atoms with Gasteiger partial charge in [-0.2, -0.15) is 0 Å². The van der Waals surface area contributed by atoms with Gasteiger partial charge in [0.05, 0.1) is 7.11 Å². The van der Waals surface area contributed by atoms with Crippen molar-refractivity contribution < 1.29 is 23.0 Å². The fourth-order valence-corrected chi connectivity index (χ4v) is 1.47. The number of halogens is 2. The zero-order chi connectivity index (χ0) is 13.5. The second-order valence-electron chi connectivity index (χ2n) is 3.85. The van der Waals surface area contributed by atoms with Crippen LogP contribution in [0, 0.1) is 11.6 Å². The Kier molecular flexibility index (Phi) is 5.55. The second-order valence-corrected chi connectivity index (χ2v) is 3.85. The third-order valence-electron chi connectivity index (χ3n) is 2.45. The number of carbonyl (C=O) groups is 1. The van der Waals surface area contributed by atoms with Crippen LogP contribution in [0.25, 0.3) is 0 Å². The number of hydrogen-bond donors (Lipinski definition) is 0. The minimum absolute atomic E-state index is 0.276. The molecule has 0 aromatic heterocycles. The van der Waals surface area contributed by atoms with Crippen LogP contribution < -0.4 is 4.74 Å². The first-order valence-electron chi connectivity index (χ1n) is 5.78. The predicted molar refractivity (Wildman–Crippen MR) is 62.3 cm³/mol. The highest BCUT2D eigenvalue weighted by Crippen LogP contribution is 2.21. The monoisotopic (exact) mass is 258 g/mol. The number of methoxy groups -OCH3 is 1. The molecule has 18 heavy (non-hydrogen) atoms. The molecule has 0 aliphatic rings. The largest absolute Gasteiger partial charge is 0.476 e. The van der Waals surface area contributed by atoms with Gasteiger partial charge in [-0.05, 0) is 25.0 Å². The topological polar surface area (TPSA) is 35.5 Å². The molecule has 0 amide bonds. The van der Waals surface area contributed by atoms with Crippen LogP contribution in [0.15, 0.2) is 18.2 Å². The highest BCUT2D eigenvalue weighted by atomic mass is 19.1. The average molecular weight is 258 g/mol. The van der Waals surface area contributed by atoms with E-state index in [0.29, 0.717) is 6.42 Å². The fourth-order valence-electron chi connectivity index (χ4n) is 1.47. The number of benzene rings is 1. The Bertz CT molecular complexity index is 407. The summed E-state index contributed by atoms with van der Waals surface area (Å²) >= 11 is 0. The molecule has 1 atom stereocenters. The quantitative estimate of drug-likeness (QED) is 0.735. The van der Waals surface area contributed by atoms with Gasteiger partial charge in [-0.25, -0.2) is 13.6 Å². The molecule has 0 radical (unpaired) electrons. The van der Waals surface area contributed by atoms with E-state index in [9.17, 15) is 13.6 Å². The lowest BCUT2D eigenvalue weighted by atomic mass is 10.1. The van der Waals surface area contributed by atoms with Crippen molar-refractivity contribution in [2.24, 2.45) is 0 Å². The van der Waals surface area contributed by atoms with Gasteiger partial charge in [-0.15, -0.1) is 0 Å². The minimum Gasteiger partial charge on any atom is -0.476 e. The standard InChI is InChI=1S/C13H16F2O3/c1-3-4-5-11(13(16)17-2)18-12-8-9(14)6-7-10(12)15/h6-8,11H,3-5H2,1-2H3. The number of carbonyl (C=O) groups excluding carboxylic acids is 1. The van der Waals surface area contributed by atoms with Crippen LogP contribution in [-0.2, 0) is 9.53 Å². The molecule has 0 fully saturated rings. The van der Waals surface area contributed by atoms with E-state index in [-0.39, 0.29) is 5.75 Å². The molecule has 1 aromatic rings. The van der Waals surface area contributed by atoms with Crippen LogP contribution >= 0.6 is 0 Å². The molecule has 0 aliphatic carbocycles. The van der Waals surface area contributed by atoms with Crippen molar-refractivity contribution in [3.63, 3.8) is 0 Å². The zero-order valence-electron chi connectivity index (χ0n) is 10.4. The van der Waals surface area contributed by atoms with E-state index in [1.165, 1.54) is 7.11 Å². The highest BCUT2D eigenvalue weighted by molar-refractivity contribution is 5.74. The van der Waals surface area contributed by atoms with Crippen molar-refractivity contribution in [1.82, 2.24) is 0 Å². The van der Waals surface area contributed by atoms with Gasteiger partial charge in [0.1, 0.15) is 5.82 Å². The van der Waals surface area contributed by atoms with Crippen LogP contribution in [0.2, 0.25) is 0 Å². The van der Waals surface area contributed by atoms with E-state index in [1.54, 1.807) is 0 Å². The normalized spacial score (nSPS) is 12.0. The molecule has 100 valence electrons. The summed E-state index contributed by atoms with van der Waals surface area (Å²) < 4.78 is 36.1. The minimum atomic E-state index is -0.911. The Labute approximate surface area is 105 Å². The number of hydrogen-bond acceptors (Lipinski definition) is 3. The molecular weight excluding hydrogens is 242 g/mol. The van der Waals surface area contributed by atoms with Crippen LogP contribution in [-0.4, -0.2) is 19.2 Å². The van der Waals surface area contributed by atoms with Crippen molar-refractivity contribution in [3.05, 3.63) is 29.8 Å². The van der Waals surface area contributed by atoms with E-state index in [4.69, 9.17) is 4.74 Å². The molecule has 0 bridgehead atoms. The van der Waals surface area contributed by atoms with Gasteiger partial charge < -0.3 is 9.47 Å². The molecule has 0 spiro atoms. The first-order valence-corrected chi connectivity index (χ1v) is 5.78. The molecule has 0 saturated heterocycles. The first-order chi connectivity index (χ1) is 8.58. The summed E-state index contributed by atoms with van der Waals surface area (Å²) in [5, 5.41) is 0. The molecule has 3 nitrogen and oxygen atoms in total. The Balaban J connectivity index is 2.81. The van der Waals surface area contributed by atoms with Crippen molar-refractivity contribution in [2.45, 2.75) is 32.3 Å². The number of unbranched alkanes of at least 4 members (excludes halogenated alkanes) is 1. The lowest BCUT2D eigenvalue weighted by Crippen LogP contribution is -2.28. The predicted octanol–water partition coefficient (Wildman–Crippen LogP) is 3.08. The Morgan fingerprint density at radius 2 is 2.11 bits per heavy atom. The molecule has 0 saturated carbocycles. The van der Waals surface area contributed by atoms with Gasteiger partial charge in [0, 0.05) is 6.07 Å². The number of ether oxygens (including phenoxy) is 2. The molecule has 1 aromatic carbocycles. The Hall–Kier alpha value is -1.65. The van der Waals surface area contributed by atoms with Gasteiger partial charge in [-0.3, -0.25) is 0 Å². The van der Waals surface area contributed by atoms with Crippen molar-refractivity contribution in [3.8, 4) is 5.75 Å². The first kappa shape index (κ1) is 14.4. The van der Waals surface area contributed by atoms with Crippen LogP contribution in [0.4, 0.5) is 8.78 Å². The third-order valence-corrected chi connectivity index (χ3v) is 2.45. The lowest BCUT2D eigenvalue weighted by molar-refractivity contribution is -0.149. The van der Waals surface area contributed by atoms with Crippen LogP contribution in [0.5, 0.6) is 5.75 Å². The van der Waals surface area contributed by atoms with E-state index >= 15 is 0 Å². The van der Waals surface area contributed by atoms with Crippen LogP contribution in [0.3, 0.4) is 0 Å². The Morgan fingerprint density at radius 3 is 2.72 bits per heavy atom. The summed E-state index contributed by atoms with van der Waals surface area (Å²) in [5.41, 5.74) is 0. The molecule has 5 heteroatoms. The average Bonchev–Trinajstić information content (AvgIpc) is 2.37. The molecule has 0 N–H and O–H groups in total. The summed E-state index contributed by atoms with van der Waals surface area (Å²) in [6, 6.07) is 2.86. The molecule has 1 rings (SSSR count). The van der Waals surface area contributed by atoms with Gasteiger partial charge >= 0.3 is 5.97 Å². The molecule has 1 unspecified atom stereocenters. The van der Waals surface area contributed by atoms with E-state index in [0.717, 1.165) is 31.0 Å². The van der Waals surface area contributed by atoms with E-state index < -0.39 is 23.7 Å². The summed E-state index contributed by atoms with van der Waals surface area (Å²) in [6.07, 6.45) is 1.09. The summed E-state index contributed by atoms with van der Waals surface area (Å²) in [6.45, 7) is 1.96. The highest BCUT2D eigenvalue weighted by Gasteiger charge is 2.22. The zero-order valence-corrected chi connectivity index (χ0v) is 10.4. The molecule has 0 heterocycles.